The molecule has 2 aromatic carbocycles. The minimum Gasteiger partial charge on any atom is -0.445 e. The van der Waals surface area contributed by atoms with E-state index in [1.54, 1.807) is 29.2 Å². The Hall–Kier alpha value is -4.86. The van der Waals surface area contributed by atoms with Crippen molar-refractivity contribution in [3.8, 4) is 10.4 Å². The first-order valence-electron chi connectivity index (χ1n) is 16.5. The van der Waals surface area contributed by atoms with Gasteiger partial charge in [0.2, 0.25) is 15.9 Å². The van der Waals surface area contributed by atoms with Crippen molar-refractivity contribution in [2.24, 2.45) is 5.92 Å². The Morgan fingerprint density at radius 3 is 2.56 bits per heavy atom. The maximum Gasteiger partial charge on any atom is 0.410 e. The monoisotopic (exact) mass is 715 g/mol. The van der Waals surface area contributed by atoms with Gasteiger partial charge in [-0.05, 0) is 67.3 Å². The number of fused-ring (bicyclic) bond motifs is 1. The van der Waals surface area contributed by atoms with E-state index in [1.165, 1.54) is 41.0 Å². The van der Waals surface area contributed by atoms with E-state index in [0.29, 0.717) is 59.1 Å². The molecule has 15 heteroatoms. The number of rotatable bonds is 11. The number of carbonyl (C=O) groups is 3. The third-order valence-corrected chi connectivity index (χ3v) is 11.7. The van der Waals surface area contributed by atoms with Crippen molar-refractivity contribution >= 4 is 56.0 Å². The van der Waals surface area contributed by atoms with Gasteiger partial charge in [0.25, 0.3) is 5.91 Å². The number of nitrogens with one attached hydrogen (secondary N) is 2. The van der Waals surface area contributed by atoms with Gasteiger partial charge in [0.05, 0.1) is 21.0 Å². The Balaban J connectivity index is 1.05. The van der Waals surface area contributed by atoms with Crippen molar-refractivity contribution in [3.63, 3.8) is 0 Å². The number of pyridine rings is 1. The highest BCUT2D eigenvalue weighted by atomic mass is 32.2. The van der Waals surface area contributed by atoms with E-state index in [-0.39, 0.29) is 42.0 Å². The number of piperazine rings is 1. The van der Waals surface area contributed by atoms with Crippen molar-refractivity contribution < 1.29 is 27.5 Å². The molecule has 0 bridgehead atoms. The molecule has 0 radical (unpaired) electrons. The first-order valence-corrected chi connectivity index (χ1v) is 18.8. The summed E-state index contributed by atoms with van der Waals surface area (Å²) in [7, 11) is -2.58. The second-order valence-electron chi connectivity index (χ2n) is 12.6. The molecular weight excluding hydrogens is 679 g/mol. The summed E-state index contributed by atoms with van der Waals surface area (Å²) in [6.45, 7) is 3.37. The molecule has 2 fully saturated rings. The second kappa shape index (κ2) is 13.8. The highest BCUT2D eigenvalue weighted by molar-refractivity contribution is 7.89. The van der Waals surface area contributed by atoms with Crippen LogP contribution >= 0.6 is 11.3 Å². The lowest BCUT2D eigenvalue weighted by atomic mass is 10.0. The van der Waals surface area contributed by atoms with E-state index in [9.17, 15) is 22.8 Å². The number of hydrogen-bond donors (Lipinski definition) is 2. The van der Waals surface area contributed by atoms with Crippen LogP contribution in [0.1, 0.15) is 46.4 Å². The summed E-state index contributed by atoms with van der Waals surface area (Å²) in [5.41, 5.74) is 3.12. The topological polar surface area (TPSA) is 154 Å². The quantitative estimate of drug-likeness (QED) is 0.221. The number of nitrogens with zero attached hydrogens (tertiary/aromatic N) is 5. The summed E-state index contributed by atoms with van der Waals surface area (Å²) in [6.07, 6.45) is 2.74. The van der Waals surface area contributed by atoms with Crippen LogP contribution in [0, 0.1) is 12.8 Å². The maximum absolute atomic E-state index is 13.4. The molecular formula is C35H37N7O6S2. The van der Waals surface area contributed by atoms with Crippen LogP contribution in [0.3, 0.4) is 0 Å². The van der Waals surface area contributed by atoms with Crippen LogP contribution in [0.15, 0.2) is 65.6 Å². The lowest BCUT2D eigenvalue weighted by Crippen LogP contribution is -2.52. The van der Waals surface area contributed by atoms with Crippen LogP contribution in [0.25, 0.3) is 10.4 Å². The van der Waals surface area contributed by atoms with Gasteiger partial charge >= 0.3 is 6.09 Å². The van der Waals surface area contributed by atoms with Crippen molar-refractivity contribution in [1.82, 2.24) is 24.5 Å². The normalized spacial score (nSPS) is 16.2. The standard InChI is InChI=1S/C35H37N7O6S2/c1-22-32(25-17-26-19-40(14-13-23-11-12-23)33(44)31(26)27(18-25)50(46,47)36-2)49-34(37-22)39-28-9-6-10-29(38-28)42-16-15-41(20-30(42)43)35(45)48-21-24-7-4-3-5-8-24/h3-10,17-18,23,36H,11-16,19-21H2,1-2H3,(H,37,38,39). The summed E-state index contributed by atoms with van der Waals surface area (Å²) >= 11 is 1.34. The molecule has 3 aliphatic rings. The smallest absolute Gasteiger partial charge is 0.410 e. The minimum absolute atomic E-state index is 0.0303. The van der Waals surface area contributed by atoms with Crippen LogP contribution in [-0.4, -0.2) is 79.3 Å². The van der Waals surface area contributed by atoms with E-state index in [2.05, 4.69) is 20.0 Å². The zero-order valence-electron chi connectivity index (χ0n) is 27.7. The number of sulfonamides is 1. The highest BCUT2D eigenvalue weighted by Gasteiger charge is 2.36. The van der Waals surface area contributed by atoms with Crippen LogP contribution in [0.5, 0.6) is 0 Å². The largest absolute Gasteiger partial charge is 0.445 e. The first kappa shape index (κ1) is 33.6. The van der Waals surface area contributed by atoms with Crippen molar-refractivity contribution in [1.29, 1.82) is 0 Å². The lowest BCUT2D eigenvalue weighted by Gasteiger charge is -2.33. The third kappa shape index (κ3) is 7.06. The van der Waals surface area contributed by atoms with Gasteiger partial charge in [-0.2, -0.15) is 0 Å². The summed E-state index contributed by atoms with van der Waals surface area (Å²) in [6, 6.07) is 18.1. The van der Waals surface area contributed by atoms with Gasteiger partial charge in [0.15, 0.2) is 5.13 Å². The maximum atomic E-state index is 13.4. The van der Waals surface area contributed by atoms with Gasteiger partial charge in [-0.1, -0.05) is 60.6 Å². The Morgan fingerprint density at radius 2 is 1.82 bits per heavy atom. The molecule has 4 aromatic rings. The molecule has 3 amide bonds. The highest BCUT2D eigenvalue weighted by Crippen LogP contribution is 2.40. The summed E-state index contributed by atoms with van der Waals surface area (Å²) < 4.78 is 34.1. The molecule has 7 rings (SSSR count). The molecule has 1 saturated carbocycles. The van der Waals surface area contributed by atoms with E-state index < -0.39 is 16.1 Å². The Labute approximate surface area is 294 Å². The second-order valence-corrected chi connectivity index (χ2v) is 15.5. The van der Waals surface area contributed by atoms with E-state index >= 15 is 0 Å². The average Bonchev–Trinajstić information content (AvgIpc) is 3.80. The van der Waals surface area contributed by atoms with Crippen molar-refractivity contribution in [2.45, 2.75) is 44.2 Å². The van der Waals surface area contributed by atoms with Crippen LogP contribution in [-0.2, 0) is 32.7 Å². The number of carbonyl (C=O) groups excluding carboxylic acids is 3. The molecule has 1 saturated heterocycles. The Morgan fingerprint density at radius 1 is 1.02 bits per heavy atom. The van der Waals surface area contributed by atoms with Crippen molar-refractivity contribution in [3.05, 3.63) is 83.0 Å². The summed E-state index contributed by atoms with van der Waals surface area (Å²) in [5.74, 6) is 1.01. The molecule has 13 nitrogen and oxygen atoms in total. The predicted molar refractivity (Wildman–Crippen MR) is 189 cm³/mol. The average molecular weight is 716 g/mol. The number of ether oxygens (including phenoxy) is 1. The zero-order valence-corrected chi connectivity index (χ0v) is 29.3. The third-order valence-electron chi connectivity index (χ3n) is 9.10. The number of aromatic nitrogens is 2. The number of hydrogen-bond acceptors (Lipinski definition) is 10. The molecule has 2 aliphatic heterocycles. The van der Waals surface area contributed by atoms with E-state index in [0.717, 1.165) is 16.9 Å². The molecule has 0 atom stereocenters. The SMILES string of the molecule is CNS(=O)(=O)c1cc(-c2sc(Nc3cccc(N4CCN(C(=O)OCc5ccccc5)CC4=O)n3)nc2C)cc2c1C(=O)N(CCC1CC1)C2. The molecule has 2 N–H and O–H groups in total. The predicted octanol–water partition coefficient (Wildman–Crippen LogP) is 4.91. The van der Waals surface area contributed by atoms with Crippen LogP contribution in [0.4, 0.5) is 21.6 Å². The summed E-state index contributed by atoms with van der Waals surface area (Å²) in [5, 5.41) is 3.75. The van der Waals surface area contributed by atoms with Crippen molar-refractivity contribution in [2.75, 3.05) is 43.4 Å². The van der Waals surface area contributed by atoms with E-state index in [4.69, 9.17) is 4.74 Å². The fraction of sp³-hybridized carbons (Fsp3) is 0.343. The Bertz CT molecular complexity index is 2070. The van der Waals surface area contributed by atoms with E-state index in [1.807, 2.05) is 43.3 Å². The van der Waals surface area contributed by atoms with Crippen LogP contribution in [0.2, 0.25) is 0 Å². The number of aryl methyl sites for hydroxylation is 1. The molecule has 50 heavy (non-hydrogen) atoms. The first-order chi connectivity index (χ1) is 24.1. The molecule has 0 unspecified atom stereocenters. The molecule has 4 heterocycles. The number of amides is 3. The van der Waals surface area contributed by atoms with Gasteiger partial charge in [0, 0.05) is 26.2 Å². The molecule has 1 aliphatic carbocycles. The van der Waals surface area contributed by atoms with Gasteiger partial charge in [0.1, 0.15) is 24.8 Å². The number of anilines is 3. The lowest BCUT2D eigenvalue weighted by molar-refractivity contribution is -0.121. The minimum atomic E-state index is -3.93. The number of thiazole rings is 1. The Kier molecular flexibility index (Phi) is 9.28. The van der Waals surface area contributed by atoms with Gasteiger partial charge in [-0.25, -0.2) is 27.9 Å². The molecule has 0 spiro atoms. The fourth-order valence-electron chi connectivity index (χ4n) is 6.21. The zero-order chi connectivity index (χ0) is 35.0. The van der Waals surface area contributed by atoms with Crippen LogP contribution < -0.4 is 14.9 Å². The van der Waals surface area contributed by atoms with Gasteiger partial charge in [-0.3, -0.25) is 19.4 Å². The summed E-state index contributed by atoms with van der Waals surface area (Å²) in [4.78, 5) is 53.8. The molecule has 260 valence electrons. The van der Waals surface area contributed by atoms with Gasteiger partial charge in [-0.15, -0.1) is 0 Å². The van der Waals surface area contributed by atoms with Gasteiger partial charge < -0.3 is 15.0 Å². The number of benzene rings is 2. The molecule has 2 aromatic heterocycles. The fourth-order valence-corrected chi connectivity index (χ4v) is 8.16.